The Morgan fingerprint density at radius 2 is 1.73 bits per heavy atom. The molecule has 0 aromatic heterocycles. The minimum Gasteiger partial charge on any atom is -0.493 e. The number of carbonyl (C=O) groups excluding carboxylic acids is 4. The minimum atomic E-state index is -0.779. The van der Waals surface area contributed by atoms with Crippen molar-refractivity contribution < 1.29 is 37.4 Å². The lowest BCUT2D eigenvalue weighted by atomic mass is 10.1. The fourth-order valence-electron chi connectivity index (χ4n) is 5.30. The number of methoxy groups -OCH3 is 1. The zero-order chi connectivity index (χ0) is 34.5. The Morgan fingerprint density at radius 3 is 2.46 bits per heavy atom. The normalized spacial score (nSPS) is 16.7. The van der Waals surface area contributed by atoms with E-state index in [-0.39, 0.29) is 66.5 Å². The molecule has 0 radical (unpaired) electrons. The van der Waals surface area contributed by atoms with E-state index in [2.05, 4.69) is 16.0 Å². The molecule has 256 valence electrons. The Hall–Kier alpha value is -5.00. The molecule has 0 fully saturated rings. The molecule has 3 aromatic rings. The molecule has 2 aliphatic heterocycles. The van der Waals surface area contributed by atoms with Gasteiger partial charge >= 0.3 is 0 Å². The van der Waals surface area contributed by atoms with Gasteiger partial charge < -0.3 is 30.3 Å². The van der Waals surface area contributed by atoms with E-state index in [1.54, 1.807) is 42.2 Å². The topological polar surface area (TPSA) is 126 Å². The summed E-state index contributed by atoms with van der Waals surface area (Å²) < 4.78 is 39.4. The summed E-state index contributed by atoms with van der Waals surface area (Å²) >= 11 is 0. The molecule has 12 heteroatoms. The summed E-state index contributed by atoms with van der Waals surface area (Å²) in [7, 11) is 1.43. The van der Waals surface area contributed by atoms with Crippen molar-refractivity contribution in [2.75, 3.05) is 26.7 Å². The number of ether oxygens (including phenoxy) is 2. The van der Waals surface area contributed by atoms with E-state index >= 15 is 4.39 Å². The number of hydrogen-bond donors (Lipinski definition) is 3. The average molecular weight is 665 g/mol. The molecule has 1 atom stereocenters. The van der Waals surface area contributed by atoms with Crippen LogP contribution in [0.1, 0.15) is 66.9 Å². The zero-order valence-corrected chi connectivity index (χ0v) is 27.3. The van der Waals surface area contributed by atoms with E-state index in [1.165, 1.54) is 37.4 Å². The molecule has 2 aliphatic rings. The highest BCUT2D eigenvalue weighted by Crippen LogP contribution is 2.34. The van der Waals surface area contributed by atoms with Crippen LogP contribution in [0.4, 0.5) is 8.78 Å². The van der Waals surface area contributed by atoms with Crippen LogP contribution in [0.25, 0.3) is 0 Å². The van der Waals surface area contributed by atoms with Gasteiger partial charge in [0.2, 0.25) is 17.7 Å². The largest absolute Gasteiger partial charge is 0.493 e. The summed E-state index contributed by atoms with van der Waals surface area (Å²) in [5.74, 6) is -1.84. The van der Waals surface area contributed by atoms with Gasteiger partial charge in [-0.15, -0.1) is 0 Å². The lowest BCUT2D eigenvalue weighted by Crippen LogP contribution is -2.46. The van der Waals surface area contributed by atoms with Crippen molar-refractivity contribution in [3.05, 3.63) is 89.0 Å². The molecule has 4 amide bonds. The number of fused-ring (bicyclic) bond motifs is 16. The SMILES string of the molecule is CC[C@@H]1NC(=O)CCCN(C(=O)CCCc2ccc(F)cc2)CCCNC(=O)c2ccc(OC)c(c2)Oc2ccc(cc2F)CNC1=O. The average Bonchev–Trinajstić information content (AvgIpc) is 3.08. The highest BCUT2D eigenvalue weighted by molar-refractivity contribution is 5.95. The molecule has 3 N–H and O–H groups in total. The van der Waals surface area contributed by atoms with E-state index in [0.29, 0.717) is 56.5 Å². The second-order valence-corrected chi connectivity index (χ2v) is 11.6. The van der Waals surface area contributed by atoms with E-state index in [1.807, 2.05) is 0 Å². The van der Waals surface area contributed by atoms with Crippen molar-refractivity contribution in [1.29, 1.82) is 0 Å². The van der Waals surface area contributed by atoms with E-state index in [9.17, 15) is 23.6 Å². The lowest BCUT2D eigenvalue weighted by molar-refractivity contribution is -0.132. The second-order valence-electron chi connectivity index (χ2n) is 11.6. The van der Waals surface area contributed by atoms with Crippen LogP contribution in [0, 0.1) is 11.6 Å². The Balaban J connectivity index is 1.48. The number of amides is 4. The third kappa shape index (κ3) is 10.5. The molecular weight excluding hydrogens is 622 g/mol. The maximum Gasteiger partial charge on any atom is 0.251 e. The Labute approximate surface area is 279 Å². The monoisotopic (exact) mass is 664 g/mol. The third-order valence-electron chi connectivity index (χ3n) is 8.01. The maximum atomic E-state index is 15.0. The molecule has 5 rings (SSSR count). The Kier molecular flexibility index (Phi) is 13.3. The van der Waals surface area contributed by atoms with Gasteiger partial charge in [-0.25, -0.2) is 8.78 Å². The molecular formula is C36H42F2N4O6. The van der Waals surface area contributed by atoms with Gasteiger partial charge in [0.1, 0.15) is 11.9 Å². The molecule has 10 nitrogen and oxygen atoms in total. The van der Waals surface area contributed by atoms with Crippen molar-refractivity contribution in [2.45, 2.75) is 64.5 Å². The molecule has 0 saturated carbocycles. The van der Waals surface area contributed by atoms with Gasteiger partial charge in [-0.2, -0.15) is 0 Å². The van der Waals surface area contributed by atoms with Crippen LogP contribution < -0.4 is 25.4 Å². The number of halogens is 2. The summed E-state index contributed by atoms with van der Waals surface area (Å²) in [5.41, 5.74) is 1.69. The van der Waals surface area contributed by atoms with Gasteiger partial charge in [-0.1, -0.05) is 25.1 Å². The summed E-state index contributed by atoms with van der Waals surface area (Å²) in [4.78, 5) is 53.5. The first-order chi connectivity index (χ1) is 23.2. The second kappa shape index (κ2) is 17.8. The predicted octanol–water partition coefficient (Wildman–Crippen LogP) is 5.04. The number of aryl methyl sites for hydroxylation is 1. The fourth-order valence-corrected chi connectivity index (χ4v) is 5.30. The van der Waals surface area contributed by atoms with Crippen LogP contribution in [0.15, 0.2) is 60.7 Å². The van der Waals surface area contributed by atoms with Crippen LogP contribution in [-0.4, -0.2) is 61.3 Å². The highest BCUT2D eigenvalue weighted by Gasteiger charge is 2.21. The molecule has 2 heterocycles. The minimum absolute atomic E-state index is 0.0274. The van der Waals surface area contributed by atoms with Crippen molar-refractivity contribution in [1.82, 2.24) is 20.9 Å². The molecule has 0 unspecified atom stereocenters. The van der Waals surface area contributed by atoms with Crippen LogP contribution in [0.5, 0.6) is 17.2 Å². The number of hydrogen-bond acceptors (Lipinski definition) is 6. The third-order valence-corrected chi connectivity index (χ3v) is 8.01. The molecule has 48 heavy (non-hydrogen) atoms. The van der Waals surface area contributed by atoms with Gasteiger partial charge in [-0.05, 0) is 85.7 Å². The summed E-state index contributed by atoms with van der Waals surface area (Å²) in [5, 5.41) is 8.34. The first kappa shape index (κ1) is 35.8. The lowest BCUT2D eigenvalue weighted by Gasteiger charge is -2.23. The number of carbonyl (C=O) groups is 4. The van der Waals surface area contributed by atoms with Gasteiger partial charge in [0.15, 0.2) is 23.1 Å². The van der Waals surface area contributed by atoms with Crippen LogP contribution in [0.2, 0.25) is 0 Å². The van der Waals surface area contributed by atoms with Crippen molar-refractivity contribution in [3.8, 4) is 17.2 Å². The number of nitrogens with one attached hydrogen (secondary N) is 3. The van der Waals surface area contributed by atoms with Gasteiger partial charge in [0, 0.05) is 44.6 Å². The predicted molar refractivity (Wildman–Crippen MR) is 176 cm³/mol. The van der Waals surface area contributed by atoms with Gasteiger partial charge in [0.05, 0.1) is 7.11 Å². The molecule has 0 spiro atoms. The van der Waals surface area contributed by atoms with Crippen molar-refractivity contribution in [2.24, 2.45) is 0 Å². The maximum absolute atomic E-state index is 15.0. The summed E-state index contributed by atoms with van der Waals surface area (Å²) in [6.07, 6.45) is 2.74. The van der Waals surface area contributed by atoms with Gasteiger partial charge in [-0.3, -0.25) is 19.2 Å². The first-order valence-corrected chi connectivity index (χ1v) is 16.2. The van der Waals surface area contributed by atoms with Gasteiger partial charge in [0.25, 0.3) is 5.91 Å². The molecule has 3 aromatic carbocycles. The van der Waals surface area contributed by atoms with E-state index in [0.717, 1.165) is 5.56 Å². The smallest absolute Gasteiger partial charge is 0.251 e. The summed E-state index contributed by atoms with van der Waals surface area (Å²) in [6.45, 7) is 2.74. The molecule has 4 bridgehead atoms. The quantitative estimate of drug-likeness (QED) is 0.339. The van der Waals surface area contributed by atoms with Crippen molar-refractivity contribution in [3.63, 3.8) is 0 Å². The zero-order valence-electron chi connectivity index (χ0n) is 27.3. The van der Waals surface area contributed by atoms with Crippen LogP contribution in [0.3, 0.4) is 0 Å². The van der Waals surface area contributed by atoms with E-state index < -0.39 is 17.8 Å². The number of nitrogens with zero attached hydrogens (tertiary/aromatic N) is 1. The number of benzene rings is 3. The van der Waals surface area contributed by atoms with Crippen molar-refractivity contribution >= 4 is 23.6 Å². The van der Waals surface area contributed by atoms with E-state index in [4.69, 9.17) is 9.47 Å². The van der Waals surface area contributed by atoms with Crippen LogP contribution in [-0.2, 0) is 27.3 Å². The first-order valence-electron chi connectivity index (χ1n) is 16.2. The standard InChI is InChI=1S/C36H42F2N4O6/c1-3-29-36(46)40-23-25-12-16-30(28(38)21-25)48-32-22-26(13-17-31(32)47-2)35(45)39-18-6-20-42(19-5-8-33(43)41-29)34(44)9-4-7-24-10-14-27(37)15-11-24/h10-17,21-22,29H,3-9,18-20,23H2,1-2H3,(H,39,45)(H,40,46)(H,41,43)/t29-/m0/s1. The molecule has 0 saturated heterocycles. The number of rotatable bonds is 6. The van der Waals surface area contributed by atoms with Crippen LogP contribution >= 0.6 is 0 Å². The molecule has 0 aliphatic carbocycles. The summed E-state index contributed by atoms with van der Waals surface area (Å²) in [6, 6.07) is 14.2. The Morgan fingerprint density at radius 1 is 0.958 bits per heavy atom. The fraction of sp³-hybridized carbons (Fsp3) is 0.389. The Bertz CT molecular complexity index is 1580. The highest BCUT2D eigenvalue weighted by atomic mass is 19.1.